The Morgan fingerprint density at radius 2 is 1.90 bits per heavy atom. The fourth-order valence-electron chi connectivity index (χ4n) is 4.56. The van der Waals surface area contributed by atoms with Crippen molar-refractivity contribution in [1.82, 2.24) is 9.80 Å². The van der Waals surface area contributed by atoms with Crippen molar-refractivity contribution in [3.63, 3.8) is 0 Å². The van der Waals surface area contributed by atoms with Gasteiger partial charge in [-0.15, -0.1) is 0 Å². The molecular formula is C24H28N2O3. The van der Waals surface area contributed by atoms with Crippen LogP contribution in [0.4, 0.5) is 0 Å². The summed E-state index contributed by atoms with van der Waals surface area (Å²) < 4.78 is 5.51. The van der Waals surface area contributed by atoms with Crippen molar-refractivity contribution < 1.29 is 14.0 Å². The standard InChI is InChI=1S/C24H28N2O3/c1-18-15-21(19(2)29-18)23(28)25-13-10-24(11-14-25)16-22(27)26(17-24)12-6-9-20-7-4-3-5-8-20/h3-9,15H,10-14,16-17H2,1-2H3/b9-6+. The third kappa shape index (κ3) is 4.14. The van der Waals surface area contributed by atoms with E-state index in [-0.39, 0.29) is 17.2 Å². The van der Waals surface area contributed by atoms with Crippen molar-refractivity contribution in [3.05, 3.63) is 65.1 Å². The van der Waals surface area contributed by atoms with E-state index in [2.05, 4.69) is 24.3 Å². The zero-order chi connectivity index (χ0) is 20.4. The van der Waals surface area contributed by atoms with E-state index in [0.717, 1.165) is 30.7 Å². The average molecular weight is 392 g/mol. The van der Waals surface area contributed by atoms with E-state index in [1.165, 1.54) is 0 Å². The summed E-state index contributed by atoms with van der Waals surface area (Å²) in [5.74, 6) is 1.71. The first kappa shape index (κ1) is 19.5. The minimum atomic E-state index is 0.00973. The molecule has 29 heavy (non-hydrogen) atoms. The van der Waals surface area contributed by atoms with Crippen molar-refractivity contribution in [2.75, 3.05) is 26.2 Å². The fraction of sp³-hybridized carbons (Fsp3) is 0.417. The first-order valence-corrected chi connectivity index (χ1v) is 10.3. The van der Waals surface area contributed by atoms with Crippen molar-refractivity contribution in [2.24, 2.45) is 5.41 Å². The minimum absolute atomic E-state index is 0.00973. The van der Waals surface area contributed by atoms with Gasteiger partial charge in [0, 0.05) is 38.0 Å². The van der Waals surface area contributed by atoms with Crippen LogP contribution in [-0.2, 0) is 4.79 Å². The zero-order valence-electron chi connectivity index (χ0n) is 17.2. The molecule has 5 nitrogen and oxygen atoms in total. The van der Waals surface area contributed by atoms with E-state index in [1.807, 2.05) is 47.9 Å². The van der Waals surface area contributed by atoms with Crippen LogP contribution in [0.5, 0.6) is 0 Å². The number of amides is 2. The van der Waals surface area contributed by atoms with E-state index in [4.69, 9.17) is 4.42 Å². The summed E-state index contributed by atoms with van der Waals surface area (Å²) in [6, 6.07) is 12.0. The molecule has 1 spiro atoms. The zero-order valence-corrected chi connectivity index (χ0v) is 17.2. The Kier molecular flexibility index (Phi) is 5.31. The summed E-state index contributed by atoms with van der Waals surface area (Å²) in [5.41, 5.74) is 1.81. The molecule has 0 unspecified atom stereocenters. The van der Waals surface area contributed by atoms with E-state index in [0.29, 0.717) is 37.4 Å². The smallest absolute Gasteiger partial charge is 0.257 e. The quantitative estimate of drug-likeness (QED) is 0.788. The Morgan fingerprint density at radius 1 is 1.17 bits per heavy atom. The predicted molar refractivity (Wildman–Crippen MR) is 112 cm³/mol. The van der Waals surface area contributed by atoms with Gasteiger partial charge in [-0.1, -0.05) is 42.5 Å². The Labute approximate surface area is 172 Å². The minimum Gasteiger partial charge on any atom is -0.466 e. The molecule has 2 aliphatic heterocycles. The number of nitrogens with zero attached hydrogens (tertiary/aromatic N) is 2. The van der Waals surface area contributed by atoms with Gasteiger partial charge in [0.2, 0.25) is 5.91 Å². The lowest BCUT2D eigenvalue weighted by atomic mass is 9.77. The molecule has 2 saturated heterocycles. The van der Waals surface area contributed by atoms with Crippen molar-refractivity contribution >= 4 is 17.9 Å². The van der Waals surface area contributed by atoms with Gasteiger partial charge in [-0.05, 0) is 38.3 Å². The number of carbonyl (C=O) groups is 2. The van der Waals surface area contributed by atoms with Crippen LogP contribution in [0.1, 0.15) is 46.7 Å². The highest BCUT2D eigenvalue weighted by molar-refractivity contribution is 5.95. The van der Waals surface area contributed by atoms with Crippen LogP contribution in [-0.4, -0.2) is 47.8 Å². The van der Waals surface area contributed by atoms with Gasteiger partial charge in [0.1, 0.15) is 11.5 Å². The molecule has 2 aliphatic rings. The number of hydrogen-bond acceptors (Lipinski definition) is 3. The van der Waals surface area contributed by atoms with Crippen LogP contribution >= 0.6 is 0 Å². The molecule has 0 N–H and O–H groups in total. The highest BCUT2D eigenvalue weighted by Gasteiger charge is 2.45. The van der Waals surface area contributed by atoms with Gasteiger partial charge in [-0.2, -0.15) is 0 Å². The second-order valence-electron chi connectivity index (χ2n) is 8.38. The summed E-state index contributed by atoms with van der Waals surface area (Å²) >= 11 is 0. The molecule has 0 atom stereocenters. The van der Waals surface area contributed by atoms with Gasteiger partial charge < -0.3 is 14.2 Å². The van der Waals surface area contributed by atoms with E-state index in [1.54, 1.807) is 0 Å². The second kappa shape index (κ2) is 7.90. The molecule has 2 aromatic rings. The Morgan fingerprint density at radius 3 is 2.55 bits per heavy atom. The van der Waals surface area contributed by atoms with Crippen LogP contribution in [0, 0.1) is 19.3 Å². The summed E-state index contributed by atoms with van der Waals surface area (Å²) in [5, 5.41) is 0. The average Bonchev–Trinajstić information content (AvgIpc) is 3.21. The first-order valence-electron chi connectivity index (χ1n) is 10.3. The molecular weight excluding hydrogens is 364 g/mol. The number of rotatable bonds is 4. The lowest BCUT2D eigenvalue weighted by Gasteiger charge is -2.38. The lowest BCUT2D eigenvalue weighted by molar-refractivity contribution is -0.127. The Hall–Kier alpha value is -2.82. The number of likely N-dealkylation sites (tertiary alicyclic amines) is 2. The van der Waals surface area contributed by atoms with Crippen LogP contribution in [0.2, 0.25) is 0 Å². The summed E-state index contributed by atoms with van der Waals surface area (Å²) in [7, 11) is 0. The maximum atomic E-state index is 12.8. The molecule has 0 saturated carbocycles. The van der Waals surface area contributed by atoms with Crippen LogP contribution < -0.4 is 0 Å². The third-order valence-corrected chi connectivity index (χ3v) is 6.22. The van der Waals surface area contributed by atoms with Gasteiger partial charge in [-0.3, -0.25) is 9.59 Å². The Bertz CT molecular complexity index is 921. The van der Waals surface area contributed by atoms with Crippen LogP contribution in [0.25, 0.3) is 6.08 Å². The van der Waals surface area contributed by atoms with Crippen molar-refractivity contribution in [3.8, 4) is 0 Å². The number of benzene rings is 1. The molecule has 152 valence electrons. The highest BCUT2D eigenvalue weighted by Crippen LogP contribution is 2.41. The normalized spacial score (nSPS) is 18.9. The maximum absolute atomic E-state index is 12.8. The van der Waals surface area contributed by atoms with E-state index < -0.39 is 0 Å². The molecule has 1 aromatic carbocycles. The summed E-state index contributed by atoms with van der Waals surface area (Å²) in [6.45, 7) is 6.53. The Balaban J connectivity index is 1.34. The molecule has 3 heterocycles. The first-order chi connectivity index (χ1) is 14.0. The van der Waals surface area contributed by atoms with Gasteiger partial charge in [0.15, 0.2) is 0 Å². The fourth-order valence-corrected chi connectivity index (χ4v) is 4.56. The molecule has 4 rings (SSSR count). The molecule has 2 fully saturated rings. The molecule has 2 amide bonds. The molecule has 5 heteroatoms. The maximum Gasteiger partial charge on any atom is 0.257 e. The van der Waals surface area contributed by atoms with Crippen LogP contribution in [0.3, 0.4) is 0 Å². The van der Waals surface area contributed by atoms with Gasteiger partial charge >= 0.3 is 0 Å². The number of carbonyl (C=O) groups excluding carboxylic acids is 2. The SMILES string of the molecule is Cc1cc(C(=O)N2CCC3(CC2)CC(=O)N(C/C=C/c2ccccc2)C3)c(C)o1. The number of furan rings is 1. The van der Waals surface area contributed by atoms with Crippen LogP contribution in [0.15, 0.2) is 46.9 Å². The molecule has 0 aliphatic carbocycles. The largest absolute Gasteiger partial charge is 0.466 e. The predicted octanol–water partition coefficient (Wildman–Crippen LogP) is 4.06. The third-order valence-electron chi connectivity index (χ3n) is 6.22. The molecule has 1 aromatic heterocycles. The number of aryl methyl sites for hydroxylation is 2. The molecule has 0 radical (unpaired) electrons. The summed E-state index contributed by atoms with van der Waals surface area (Å²) in [6.07, 6.45) is 6.47. The van der Waals surface area contributed by atoms with Crippen molar-refractivity contribution in [2.45, 2.75) is 33.1 Å². The lowest BCUT2D eigenvalue weighted by Crippen LogP contribution is -2.44. The van der Waals surface area contributed by atoms with Crippen molar-refractivity contribution in [1.29, 1.82) is 0 Å². The molecule has 0 bridgehead atoms. The van der Waals surface area contributed by atoms with E-state index in [9.17, 15) is 9.59 Å². The number of piperidine rings is 1. The van der Waals surface area contributed by atoms with E-state index >= 15 is 0 Å². The summed E-state index contributed by atoms with van der Waals surface area (Å²) in [4.78, 5) is 29.3. The number of hydrogen-bond donors (Lipinski definition) is 0. The van der Waals surface area contributed by atoms with Gasteiger partial charge in [0.25, 0.3) is 5.91 Å². The van der Waals surface area contributed by atoms with Gasteiger partial charge in [-0.25, -0.2) is 0 Å². The van der Waals surface area contributed by atoms with Gasteiger partial charge in [0.05, 0.1) is 5.56 Å². The highest BCUT2D eigenvalue weighted by atomic mass is 16.3. The monoisotopic (exact) mass is 392 g/mol. The second-order valence-corrected chi connectivity index (χ2v) is 8.38. The topological polar surface area (TPSA) is 53.8 Å².